The van der Waals surface area contributed by atoms with Gasteiger partial charge in [-0.1, -0.05) is 36.4 Å². The first kappa shape index (κ1) is 10.7. The van der Waals surface area contributed by atoms with Gasteiger partial charge >= 0.3 is 0 Å². The summed E-state index contributed by atoms with van der Waals surface area (Å²) >= 11 is 0. The van der Waals surface area contributed by atoms with Gasteiger partial charge in [-0.15, -0.1) is 6.58 Å². The zero-order chi connectivity index (χ0) is 10.2. The molecular weight excluding hydrogens is 176 g/mol. The SMILES string of the molecule is C=CCCOCC(=O)c1ccccc1. The third-order valence-electron chi connectivity index (χ3n) is 1.80. The summed E-state index contributed by atoms with van der Waals surface area (Å²) in [7, 11) is 0. The van der Waals surface area contributed by atoms with E-state index in [-0.39, 0.29) is 12.4 Å². The molecule has 0 saturated heterocycles. The Balaban J connectivity index is 2.32. The quantitative estimate of drug-likeness (QED) is 0.391. The monoisotopic (exact) mass is 190 g/mol. The van der Waals surface area contributed by atoms with Gasteiger partial charge in [-0.3, -0.25) is 4.79 Å². The van der Waals surface area contributed by atoms with E-state index < -0.39 is 0 Å². The zero-order valence-corrected chi connectivity index (χ0v) is 8.11. The molecule has 0 N–H and O–H groups in total. The second-order valence-electron chi connectivity index (χ2n) is 2.92. The predicted octanol–water partition coefficient (Wildman–Crippen LogP) is 2.46. The Kier molecular flexibility index (Phi) is 4.65. The molecule has 0 heterocycles. The third-order valence-corrected chi connectivity index (χ3v) is 1.80. The normalized spacial score (nSPS) is 9.71. The number of rotatable bonds is 6. The standard InChI is InChI=1S/C12H14O2/c1-2-3-9-14-10-12(13)11-7-5-4-6-8-11/h2,4-8H,1,3,9-10H2. The van der Waals surface area contributed by atoms with Gasteiger partial charge in [0.2, 0.25) is 0 Å². The van der Waals surface area contributed by atoms with E-state index in [1.165, 1.54) is 0 Å². The van der Waals surface area contributed by atoms with Gasteiger partial charge in [0.15, 0.2) is 5.78 Å². The molecule has 0 unspecified atom stereocenters. The van der Waals surface area contributed by atoms with Crippen LogP contribution in [0, 0.1) is 0 Å². The summed E-state index contributed by atoms with van der Waals surface area (Å²) in [6.07, 6.45) is 2.55. The summed E-state index contributed by atoms with van der Waals surface area (Å²) < 4.78 is 5.17. The molecule has 1 aromatic rings. The van der Waals surface area contributed by atoms with Gasteiger partial charge in [-0.25, -0.2) is 0 Å². The second kappa shape index (κ2) is 6.11. The highest BCUT2D eigenvalue weighted by Crippen LogP contribution is 2.00. The lowest BCUT2D eigenvalue weighted by molar-refractivity contribution is 0.0768. The molecule has 1 aromatic carbocycles. The van der Waals surface area contributed by atoms with Gasteiger partial charge in [0.05, 0.1) is 6.61 Å². The van der Waals surface area contributed by atoms with Crippen molar-refractivity contribution in [1.82, 2.24) is 0 Å². The van der Waals surface area contributed by atoms with Gasteiger partial charge in [-0.05, 0) is 6.42 Å². The number of hydrogen-bond donors (Lipinski definition) is 0. The molecule has 0 bridgehead atoms. The van der Waals surface area contributed by atoms with Crippen LogP contribution >= 0.6 is 0 Å². The second-order valence-corrected chi connectivity index (χ2v) is 2.92. The van der Waals surface area contributed by atoms with Crippen molar-refractivity contribution in [3.05, 3.63) is 48.6 Å². The molecule has 2 heteroatoms. The number of ether oxygens (including phenoxy) is 1. The van der Waals surface area contributed by atoms with E-state index in [0.29, 0.717) is 12.2 Å². The molecule has 0 aromatic heterocycles. The average molecular weight is 190 g/mol. The number of carbonyl (C=O) groups is 1. The zero-order valence-electron chi connectivity index (χ0n) is 8.11. The minimum Gasteiger partial charge on any atom is -0.373 e. The van der Waals surface area contributed by atoms with Crippen molar-refractivity contribution in [3.63, 3.8) is 0 Å². The number of ketones is 1. The molecule has 2 nitrogen and oxygen atoms in total. The first-order valence-electron chi connectivity index (χ1n) is 4.61. The van der Waals surface area contributed by atoms with E-state index in [4.69, 9.17) is 4.74 Å². The van der Waals surface area contributed by atoms with Crippen LogP contribution in [0.15, 0.2) is 43.0 Å². The Morgan fingerprint density at radius 3 is 2.71 bits per heavy atom. The summed E-state index contributed by atoms with van der Waals surface area (Å²) in [5, 5.41) is 0. The van der Waals surface area contributed by atoms with Gasteiger partial charge in [0.25, 0.3) is 0 Å². The third kappa shape index (κ3) is 3.54. The molecular formula is C12H14O2. The highest BCUT2D eigenvalue weighted by molar-refractivity contribution is 5.96. The van der Waals surface area contributed by atoms with Crippen molar-refractivity contribution >= 4 is 5.78 Å². The maximum atomic E-state index is 11.5. The maximum Gasteiger partial charge on any atom is 0.188 e. The molecule has 0 saturated carbocycles. The van der Waals surface area contributed by atoms with Gasteiger partial charge in [0.1, 0.15) is 6.61 Å². The Morgan fingerprint density at radius 1 is 1.36 bits per heavy atom. The maximum absolute atomic E-state index is 11.5. The van der Waals surface area contributed by atoms with Crippen molar-refractivity contribution in [3.8, 4) is 0 Å². The van der Waals surface area contributed by atoms with Crippen molar-refractivity contribution in [2.24, 2.45) is 0 Å². The van der Waals surface area contributed by atoms with E-state index in [2.05, 4.69) is 6.58 Å². The van der Waals surface area contributed by atoms with E-state index in [1.807, 2.05) is 18.2 Å². The van der Waals surface area contributed by atoms with Crippen LogP contribution in [0.2, 0.25) is 0 Å². The molecule has 0 atom stereocenters. The fraction of sp³-hybridized carbons (Fsp3) is 0.250. The Morgan fingerprint density at radius 2 is 2.07 bits per heavy atom. The molecule has 0 aliphatic rings. The first-order chi connectivity index (χ1) is 6.84. The minimum atomic E-state index is 0.0228. The van der Waals surface area contributed by atoms with E-state index >= 15 is 0 Å². The van der Waals surface area contributed by atoms with Crippen LogP contribution in [0.1, 0.15) is 16.8 Å². The molecule has 14 heavy (non-hydrogen) atoms. The number of hydrogen-bond acceptors (Lipinski definition) is 2. The fourth-order valence-electron chi connectivity index (χ4n) is 1.04. The highest BCUT2D eigenvalue weighted by Gasteiger charge is 2.03. The van der Waals surface area contributed by atoms with E-state index in [0.717, 1.165) is 6.42 Å². The summed E-state index contributed by atoms with van der Waals surface area (Å²) in [5.74, 6) is 0.0228. The van der Waals surface area contributed by atoms with Crippen LogP contribution in [-0.2, 0) is 4.74 Å². The molecule has 0 fully saturated rings. The van der Waals surface area contributed by atoms with Crippen LogP contribution in [0.4, 0.5) is 0 Å². The molecule has 0 radical (unpaired) electrons. The molecule has 0 aliphatic heterocycles. The topological polar surface area (TPSA) is 26.3 Å². The number of carbonyl (C=O) groups excluding carboxylic acids is 1. The summed E-state index contributed by atoms with van der Waals surface area (Å²) in [5.41, 5.74) is 0.700. The molecule has 0 spiro atoms. The van der Waals surface area contributed by atoms with Crippen LogP contribution in [0.5, 0.6) is 0 Å². The van der Waals surface area contributed by atoms with Crippen LogP contribution < -0.4 is 0 Å². The molecule has 0 aliphatic carbocycles. The number of benzene rings is 1. The highest BCUT2D eigenvalue weighted by atomic mass is 16.5. The van der Waals surface area contributed by atoms with Crippen LogP contribution in [0.3, 0.4) is 0 Å². The number of Topliss-reactive ketones (excluding diaryl/α,β-unsaturated/α-hetero) is 1. The predicted molar refractivity (Wildman–Crippen MR) is 56.4 cm³/mol. The van der Waals surface area contributed by atoms with Crippen molar-refractivity contribution in [2.75, 3.05) is 13.2 Å². The van der Waals surface area contributed by atoms with Gasteiger partial charge in [0, 0.05) is 5.56 Å². The summed E-state index contributed by atoms with van der Waals surface area (Å²) in [4.78, 5) is 11.5. The van der Waals surface area contributed by atoms with Crippen LogP contribution in [-0.4, -0.2) is 19.0 Å². The van der Waals surface area contributed by atoms with Crippen molar-refractivity contribution in [1.29, 1.82) is 0 Å². The van der Waals surface area contributed by atoms with Crippen LogP contribution in [0.25, 0.3) is 0 Å². The average Bonchev–Trinajstić information content (AvgIpc) is 2.25. The fourth-order valence-corrected chi connectivity index (χ4v) is 1.04. The molecule has 74 valence electrons. The summed E-state index contributed by atoms with van der Waals surface area (Å²) in [6.45, 7) is 4.28. The first-order valence-corrected chi connectivity index (χ1v) is 4.61. The largest absolute Gasteiger partial charge is 0.373 e. The van der Waals surface area contributed by atoms with Crippen molar-refractivity contribution < 1.29 is 9.53 Å². The Labute approximate surface area is 84.2 Å². The summed E-state index contributed by atoms with van der Waals surface area (Å²) in [6, 6.07) is 9.15. The minimum absolute atomic E-state index is 0.0228. The smallest absolute Gasteiger partial charge is 0.188 e. The molecule has 1 rings (SSSR count). The van der Waals surface area contributed by atoms with E-state index in [1.54, 1.807) is 18.2 Å². The lowest BCUT2D eigenvalue weighted by Crippen LogP contribution is -2.09. The Hall–Kier alpha value is -1.41. The van der Waals surface area contributed by atoms with E-state index in [9.17, 15) is 4.79 Å². The Bertz CT molecular complexity index is 290. The van der Waals surface area contributed by atoms with Gasteiger partial charge < -0.3 is 4.74 Å². The lowest BCUT2D eigenvalue weighted by Gasteiger charge is -2.01. The van der Waals surface area contributed by atoms with Crippen molar-refractivity contribution in [2.45, 2.75) is 6.42 Å². The lowest BCUT2D eigenvalue weighted by atomic mass is 10.1. The van der Waals surface area contributed by atoms with Gasteiger partial charge in [-0.2, -0.15) is 0 Å². The molecule has 0 amide bonds.